The Morgan fingerprint density at radius 3 is 2.59 bits per heavy atom. The first-order valence-corrected chi connectivity index (χ1v) is 9.32. The highest BCUT2D eigenvalue weighted by atomic mass is 16.6. The van der Waals surface area contributed by atoms with Gasteiger partial charge in [-0.1, -0.05) is 13.8 Å². The van der Waals surface area contributed by atoms with Crippen molar-refractivity contribution in [1.82, 2.24) is 9.97 Å². The summed E-state index contributed by atoms with van der Waals surface area (Å²) in [6.07, 6.45) is 1.29. The van der Waals surface area contributed by atoms with E-state index in [9.17, 15) is 14.9 Å². The molecular weight excluding hydrogens is 378 g/mol. The van der Waals surface area contributed by atoms with Crippen LogP contribution in [0.4, 0.5) is 23.0 Å². The van der Waals surface area contributed by atoms with E-state index < -0.39 is 10.9 Å². The van der Waals surface area contributed by atoms with E-state index in [2.05, 4.69) is 15.3 Å². The Bertz CT molecular complexity index is 866. The van der Waals surface area contributed by atoms with Gasteiger partial charge >= 0.3 is 11.7 Å². The quantitative estimate of drug-likeness (QED) is 0.424. The van der Waals surface area contributed by atoms with Crippen LogP contribution in [0.1, 0.15) is 24.2 Å². The number of nitro groups is 1. The standard InChI is InChI=1S/C19H23N5O5/c1-13(2)11-29-19(25)14-3-5-15(6-4-14)22-17-16(24(26)27)18(21-12-20-17)23-7-9-28-10-8-23/h3-6,12-13H,7-11H2,1-2H3,(H,20,21,22). The molecule has 1 N–H and O–H groups in total. The summed E-state index contributed by atoms with van der Waals surface area (Å²) in [5, 5.41) is 14.7. The maximum atomic E-state index is 12.0. The Morgan fingerprint density at radius 2 is 1.97 bits per heavy atom. The summed E-state index contributed by atoms with van der Waals surface area (Å²) in [7, 11) is 0. The van der Waals surface area contributed by atoms with Crippen molar-refractivity contribution in [2.24, 2.45) is 5.92 Å². The number of carbonyl (C=O) groups is 1. The van der Waals surface area contributed by atoms with Crippen LogP contribution >= 0.6 is 0 Å². The van der Waals surface area contributed by atoms with E-state index in [-0.39, 0.29) is 23.2 Å². The predicted octanol–water partition coefficient (Wildman–Crippen LogP) is 2.78. The second-order valence-electron chi connectivity index (χ2n) is 6.95. The molecule has 10 heteroatoms. The van der Waals surface area contributed by atoms with Gasteiger partial charge in [-0.15, -0.1) is 0 Å². The van der Waals surface area contributed by atoms with Crippen LogP contribution in [0.25, 0.3) is 0 Å². The Balaban J connectivity index is 1.79. The molecule has 2 aromatic rings. The number of hydrogen-bond acceptors (Lipinski definition) is 9. The lowest BCUT2D eigenvalue weighted by atomic mass is 10.2. The fourth-order valence-corrected chi connectivity index (χ4v) is 2.79. The molecule has 0 radical (unpaired) electrons. The van der Waals surface area contributed by atoms with Gasteiger partial charge in [0.1, 0.15) is 6.33 Å². The molecule has 1 saturated heterocycles. The van der Waals surface area contributed by atoms with Crippen LogP contribution in [0.3, 0.4) is 0 Å². The molecule has 0 spiro atoms. The molecular formula is C19H23N5O5. The average Bonchev–Trinajstić information content (AvgIpc) is 2.73. The molecule has 0 saturated carbocycles. The van der Waals surface area contributed by atoms with Gasteiger partial charge < -0.3 is 19.7 Å². The highest BCUT2D eigenvalue weighted by Gasteiger charge is 2.28. The molecule has 1 fully saturated rings. The summed E-state index contributed by atoms with van der Waals surface area (Å²) < 4.78 is 10.5. The van der Waals surface area contributed by atoms with Gasteiger partial charge in [0.05, 0.1) is 30.3 Å². The van der Waals surface area contributed by atoms with Crippen molar-refractivity contribution in [2.75, 3.05) is 43.1 Å². The average molecular weight is 401 g/mol. The molecule has 1 aliphatic rings. The minimum absolute atomic E-state index is 0.0848. The SMILES string of the molecule is CC(C)COC(=O)c1ccc(Nc2ncnc(N3CCOCC3)c2[N+](=O)[O-])cc1. The van der Waals surface area contributed by atoms with Gasteiger partial charge in [0.25, 0.3) is 0 Å². The minimum atomic E-state index is -0.495. The van der Waals surface area contributed by atoms with Crippen molar-refractivity contribution in [2.45, 2.75) is 13.8 Å². The second kappa shape index (κ2) is 9.28. The maximum Gasteiger partial charge on any atom is 0.353 e. The number of nitrogens with one attached hydrogen (secondary N) is 1. The zero-order valence-corrected chi connectivity index (χ0v) is 16.3. The first kappa shape index (κ1) is 20.5. The molecule has 0 atom stereocenters. The molecule has 3 rings (SSSR count). The summed E-state index contributed by atoms with van der Waals surface area (Å²) >= 11 is 0. The van der Waals surface area contributed by atoms with Crippen molar-refractivity contribution in [1.29, 1.82) is 0 Å². The van der Waals surface area contributed by atoms with Crippen molar-refractivity contribution >= 4 is 29.0 Å². The molecule has 0 bridgehead atoms. The van der Waals surface area contributed by atoms with Gasteiger partial charge in [0, 0.05) is 18.8 Å². The summed E-state index contributed by atoms with van der Waals surface area (Å²) in [5.41, 5.74) is 0.761. The molecule has 0 amide bonds. The second-order valence-corrected chi connectivity index (χ2v) is 6.95. The number of rotatable bonds is 7. The normalized spacial score (nSPS) is 14.0. The molecule has 29 heavy (non-hydrogen) atoms. The lowest BCUT2D eigenvalue weighted by molar-refractivity contribution is -0.383. The van der Waals surface area contributed by atoms with Gasteiger partial charge in [0.15, 0.2) is 0 Å². The van der Waals surface area contributed by atoms with Gasteiger partial charge in [0.2, 0.25) is 11.6 Å². The van der Waals surface area contributed by atoms with Crippen LogP contribution in [0.15, 0.2) is 30.6 Å². The topological polar surface area (TPSA) is 120 Å². The summed E-state index contributed by atoms with van der Waals surface area (Å²) in [6.45, 7) is 6.27. The smallest absolute Gasteiger partial charge is 0.353 e. The van der Waals surface area contributed by atoms with E-state index in [1.807, 2.05) is 18.7 Å². The number of esters is 1. The Hall–Kier alpha value is -3.27. The Morgan fingerprint density at radius 1 is 1.28 bits per heavy atom. The summed E-state index contributed by atoms with van der Waals surface area (Å²) in [4.78, 5) is 33.2. The largest absolute Gasteiger partial charge is 0.462 e. The third kappa shape index (κ3) is 5.17. The van der Waals surface area contributed by atoms with Gasteiger partial charge in [-0.2, -0.15) is 0 Å². The fourth-order valence-electron chi connectivity index (χ4n) is 2.79. The first-order valence-electron chi connectivity index (χ1n) is 9.32. The van der Waals surface area contributed by atoms with E-state index in [4.69, 9.17) is 9.47 Å². The predicted molar refractivity (Wildman–Crippen MR) is 107 cm³/mol. The lowest BCUT2D eigenvalue weighted by Gasteiger charge is -2.27. The Labute approximate surface area is 168 Å². The monoisotopic (exact) mass is 401 g/mol. The third-order valence-electron chi connectivity index (χ3n) is 4.23. The molecule has 0 aliphatic carbocycles. The number of hydrogen-bond donors (Lipinski definition) is 1. The summed E-state index contributed by atoms with van der Waals surface area (Å²) in [6, 6.07) is 6.49. The van der Waals surface area contributed by atoms with Crippen molar-refractivity contribution in [3.05, 3.63) is 46.3 Å². The molecule has 154 valence electrons. The number of benzene rings is 1. The van der Waals surface area contributed by atoms with E-state index in [1.54, 1.807) is 24.3 Å². The first-order chi connectivity index (χ1) is 14.0. The third-order valence-corrected chi connectivity index (χ3v) is 4.23. The van der Waals surface area contributed by atoms with Crippen LogP contribution in [0, 0.1) is 16.0 Å². The van der Waals surface area contributed by atoms with Crippen molar-refractivity contribution in [3.63, 3.8) is 0 Å². The van der Waals surface area contributed by atoms with Crippen LogP contribution < -0.4 is 10.2 Å². The zero-order chi connectivity index (χ0) is 20.8. The molecule has 1 aromatic carbocycles. The molecule has 1 aromatic heterocycles. The molecule has 2 heterocycles. The molecule has 10 nitrogen and oxygen atoms in total. The number of morpholine rings is 1. The van der Waals surface area contributed by atoms with E-state index >= 15 is 0 Å². The number of nitrogens with zero attached hydrogens (tertiary/aromatic N) is 4. The number of carbonyl (C=O) groups excluding carboxylic acids is 1. The van der Waals surface area contributed by atoms with Gasteiger partial charge in [-0.25, -0.2) is 14.8 Å². The Kier molecular flexibility index (Phi) is 6.55. The number of anilines is 3. The van der Waals surface area contributed by atoms with Gasteiger partial charge in [-0.05, 0) is 30.2 Å². The molecule has 1 aliphatic heterocycles. The van der Waals surface area contributed by atoms with E-state index in [0.717, 1.165) is 0 Å². The lowest BCUT2D eigenvalue weighted by Crippen LogP contribution is -2.37. The van der Waals surface area contributed by atoms with Crippen molar-refractivity contribution < 1.29 is 19.2 Å². The summed E-state index contributed by atoms with van der Waals surface area (Å²) in [5.74, 6) is 0.179. The number of ether oxygens (including phenoxy) is 2. The molecule has 0 unspecified atom stereocenters. The van der Waals surface area contributed by atoms with Crippen LogP contribution in [0.2, 0.25) is 0 Å². The van der Waals surface area contributed by atoms with Crippen LogP contribution in [-0.2, 0) is 9.47 Å². The zero-order valence-electron chi connectivity index (χ0n) is 16.3. The highest BCUT2D eigenvalue weighted by Crippen LogP contribution is 2.33. The fraction of sp³-hybridized carbons (Fsp3) is 0.421. The minimum Gasteiger partial charge on any atom is -0.462 e. The van der Waals surface area contributed by atoms with E-state index in [1.165, 1.54) is 6.33 Å². The van der Waals surface area contributed by atoms with Crippen molar-refractivity contribution in [3.8, 4) is 0 Å². The van der Waals surface area contributed by atoms with E-state index in [0.29, 0.717) is 44.2 Å². The number of aromatic nitrogens is 2. The van der Waals surface area contributed by atoms with Gasteiger partial charge in [-0.3, -0.25) is 10.1 Å². The van der Waals surface area contributed by atoms with Crippen LogP contribution in [0.5, 0.6) is 0 Å². The highest BCUT2D eigenvalue weighted by molar-refractivity contribution is 5.90. The maximum absolute atomic E-state index is 12.0. The van der Waals surface area contributed by atoms with Crippen LogP contribution in [-0.4, -0.2) is 53.8 Å².